The van der Waals surface area contributed by atoms with Gasteiger partial charge in [0.05, 0.1) is 11.2 Å². The van der Waals surface area contributed by atoms with Crippen molar-refractivity contribution in [3.63, 3.8) is 0 Å². The summed E-state index contributed by atoms with van der Waals surface area (Å²) in [5, 5.41) is 3.47. The average Bonchev–Trinajstić information content (AvgIpc) is 2.83. The zero-order valence-electron chi connectivity index (χ0n) is 9.37. The number of nitrogens with zero attached hydrogens (tertiary/aromatic N) is 2. The summed E-state index contributed by atoms with van der Waals surface area (Å²) < 4.78 is 0. The zero-order chi connectivity index (χ0) is 10.3. The molecule has 0 aromatic carbocycles. The lowest BCUT2D eigenvalue weighted by Gasteiger charge is -2.30. The summed E-state index contributed by atoms with van der Waals surface area (Å²) in [6.07, 6.45) is 2.68. The third-order valence-corrected chi connectivity index (χ3v) is 4.33. The third-order valence-electron chi connectivity index (χ3n) is 3.16. The van der Waals surface area contributed by atoms with Gasteiger partial charge in [-0.25, -0.2) is 4.98 Å². The first-order valence-electron chi connectivity index (χ1n) is 5.15. The minimum atomic E-state index is 0.0673. The Labute approximate surface area is 90.0 Å². The number of hydrogen-bond acceptors (Lipinski definition) is 3. The van der Waals surface area contributed by atoms with Crippen molar-refractivity contribution in [1.82, 2.24) is 9.88 Å². The topological polar surface area (TPSA) is 16.1 Å². The monoisotopic (exact) mass is 210 g/mol. The van der Waals surface area contributed by atoms with Gasteiger partial charge in [0.25, 0.3) is 0 Å². The van der Waals surface area contributed by atoms with E-state index >= 15 is 0 Å². The number of aromatic nitrogens is 1. The first kappa shape index (κ1) is 10.1. The fourth-order valence-electron chi connectivity index (χ4n) is 1.33. The first-order chi connectivity index (χ1) is 6.51. The molecule has 0 saturated heterocycles. The average molecular weight is 210 g/mol. The molecule has 0 radical (unpaired) electrons. The minimum Gasteiger partial charge on any atom is -0.298 e. The van der Waals surface area contributed by atoms with Crippen molar-refractivity contribution in [3.8, 4) is 0 Å². The largest absolute Gasteiger partial charge is 0.298 e. The molecule has 0 aliphatic heterocycles. The van der Waals surface area contributed by atoms with Gasteiger partial charge in [0.15, 0.2) is 0 Å². The van der Waals surface area contributed by atoms with Crippen molar-refractivity contribution in [3.05, 3.63) is 16.1 Å². The van der Waals surface area contributed by atoms with Gasteiger partial charge in [-0.2, -0.15) is 0 Å². The second kappa shape index (κ2) is 3.31. The predicted octanol–water partition coefficient (Wildman–Crippen LogP) is 2.82. The highest BCUT2D eigenvalue weighted by Gasteiger charge is 2.31. The lowest BCUT2D eigenvalue weighted by atomic mass is 10.1. The van der Waals surface area contributed by atoms with Crippen LogP contribution in [0.4, 0.5) is 0 Å². The van der Waals surface area contributed by atoms with Gasteiger partial charge in [-0.15, -0.1) is 11.3 Å². The van der Waals surface area contributed by atoms with E-state index in [1.54, 1.807) is 11.3 Å². The van der Waals surface area contributed by atoms with E-state index in [1.807, 2.05) is 0 Å². The van der Waals surface area contributed by atoms with Crippen molar-refractivity contribution >= 4 is 11.3 Å². The molecule has 3 heteroatoms. The molecule has 1 aromatic heterocycles. The molecule has 1 aliphatic carbocycles. The highest BCUT2D eigenvalue weighted by Crippen LogP contribution is 2.41. The number of rotatable bonds is 3. The molecular formula is C11H18N2S. The van der Waals surface area contributed by atoms with Crippen LogP contribution >= 0.6 is 11.3 Å². The van der Waals surface area contributed by atoms with E-state index in [-0.39, 0.29) is 5.54 Å². The molecule has 14 heavy (non-hydrogen) atoms. The Kier molecular flexibility index (Phi) is 2.40. The maximum absolute atomic E-state index is 4.74. The van der Waals surface area contributed by atoms with Crippen LogP contribution in [0.5, 0.6) is 0 Å². The summed E-state index contributed by atoms with van der Waals surface area (Å²) >= 11 is 1.80. The van der Waals surface area contributed by atoms with E-state index in [0.29, 0.717) is 0 Å². The molecule has 1 saturated carbocycles. The lowest BCUT2D eigenvalue weighted by molar-refractivity contribution is 0.197. The van der Waals surface area contributed by atoms with E-state index in [9.17, 15) is 0 Å². The molecule has 78 valence electrons. The molecule has 1 fully saturated rings. The predicted molar refractivity (Wildman–Crippen MR) is 60.8 cm³/mol. The van der Waals surface area contributed by atoms with Gasteiger partial charge < -0.3 is 0 Å². The minimum absolute atomic E-state index is 0.0673. The SMILES string of the molecule is CN(C)C(C)(C)c1nc(C2CC2)cs1. The molecular weight excluding hydrogens is 192 g/mol. The Morgan fingerprint density at radius 3 is 2.57 bits per heavy atom. The smallest absolute Gasteiger partial charge is 0.113 e. The maximum atomic E-state index is 4.74. The van der Waals surface area contributed by atoms with Crippen LogP contribution in [0.3, 0.4) is 0 Å². The summed E-state index contributed by atoms with van der Waals surface area (Å²) in [6, 6.07) is 0. The van der Waals surface area contributed by atoms with Crippen molar-refractivity contribution in [1.29, 1.82) is 0 Å². The second-order valence-electron chi connectivity index (χ2n) is 4.81. The molecule has 0 atom stereocenters. The molecule has 0 amide bonds. The van der Waals surface area contributed by atoms with E-state index in [0.717, 1.165) is 5.92 Å². The zero-order valence-corrected chi connectivity index (χ0v) is 10.2. The van der Waals surface area contributed by atoms with E-state index in [4.69, 9.17) is 4.98 Å². The van der Waals surface area contributed by atoms with Crippen LogP contribution in [-0.4, -0.2) is 24.0 Å². The Morgan fingerprint density at radius 2 is 2.07 bits per heavy atom. The van der Waals surface area contributed by atoms with E-state index < -0.39 is 0 Å². The number of hydrogen-bond donors (Lipinski definition) is 0. The molecule has 2 nitrogen and oxygen atoms in total. The normalized spacial score (nSPS) is 17.8. The van der Waals surface area contributed by atoms with Gasteiger partial charge in [0, 0.05) is 11.3 Å². The van der Waals surface area contributed by atoms with E-state index in [1.165, 1.54) is 23.5 Å². The Bertz CT molecular complexity index is 324. The first-order valence-corrected chi connectivity index (χ1v) is 6.03. The fourth-order valence-corrected chi connectivity index (χ4v) is 2.43. The van der Waals surface area contributed by atoms with Gasteiger partial charge >= 0.3 is 0 Å². The summed E-state index contributed by atoms with van der Waals surface area (Å²) in [5.74, 6) is 0.776. The lowest BCUT2D eigenvalue weighted by Crippen LogP contribution is -2.35. The summed E-state index contributed by atoms with van der Waals surface area (Å²) in [6.45, 7) is 4.45. The van der Waals surface area contributed by atoms with Gasteiger partial charge in [-0.1, -0.05) is 0 Å². The molecule has 1 heterocycles. The quantitative estimate of drug-likeness (QED) is 0.762. The summed E-state index contributed by atoms with van der Waals surface area (Å²) in [7, 11) is 4.22. The van der Waals surface area contributed by atoms with Crippen LogP contribution in [0.15, 0.2) is 5.38 Å². The van der Waals surface area contributed by atoms with Crippen molar-refractivity contribution < 1.29 is 0 Å². The summed E-state index contributed by atoms with van der Waals surface area (Å²) in [5.41, 5.74) is 1.39. The Morgan fingerprint density at radius 1 is 1.43 bits per heavy atom. The Balaban J connectivity index is 2.22. The highest BCUT2D eigenvalue weighted by molar-refractivity contribution is 7.09. The molecule has 1 aliphatic rings. The molecule has 0 bridgehead atoms. The molecule has 0 N–H and O–H groups in total. The van der Waals surface area contributed by atoms with Crippen LogP contribution in [0.25, 0.3) is 0 Å². The van der Waals surface area contributed by atoms with Gasteiger partial charge in [-0.05, 0) is 40.8 Å². The van der Waals surface area contributed by atoms with Crippen molar-refractivity contribution in [2.24, 2.45) is 0 Å². The van der Waals surface area contributed by atoms with Gasteiger partial charge in [0.2, 0.25) is 0 Å². The molecule has 0 unspecified atom stereocenters. The van der Waals surface area contributed by atoms with Crippen molar-refractivity contribution in [2.45, 2.75) is 38.1 Å². The molecule has 2 rings (SSSR count). The maximum Gasteiger partial charge on any atom is 0.113 e. The number of thiazole rings is 1. The van der Waals surface area contributed by atoms with Gasteiger partial charge in [0.1, 0.15) is 5.01 Å². The van der Waals surface area contributed by atoms with Crippen LogP contribution in [0, 0.1) is 0 Å². The summed E-state index contributed by atoms with van der Waals surface area (Å²) in [4.78, 5) is 6.97. The second-order valence-corrected chi connectivity index (χ2v) is 5.66. The fraction of sp³-hybridized carbons (Fsp3) is 0.727. The van der Waals surface area contributed by atoms with Crippen LogP contribution in [0.2, 0.25) is 0 Å². The van der Waals surface area contributed by atoms with Crippen molar-refractivity contribution in [2.75, 3.05) is 14.1 Å². The van der Waals surface area contributed by atoms with Crippen LogP contribution < -0.4 is 0 Å². The highest BCUT2D eigenvalue weighted by atomic mass is 32.1. The van der Waals surface area contributed by atoms with Gasteiger partial charge in [-0.3, -0.25) is 4.90 Å². The Hall–Kier alpha value is -0.410. The molecule has 0 spiro atoms. The molecule has 1 aromatic rings. The van der Waals surface area contributed by atoms with E-state index in [2.05, 4.69) is 38.2 Å². The standard InChI is InChI=1S/C11H18N2S/c1-11(2,13(3)4)10-12-9(7-14-10)8-5-6-8/h7-8H,5-6H2,1-4H3. The van der Waals surface area contributed by atoms with Crippen LogP contribution in [-0.2, 0) is 5.54 Å². The van der Waals surface area contributed by atoms with Crippen LogP contribution in [0.1, 0.15) is 43.3 Å². The third kappa shape index (κ3) is 1.71.